The lowest BCUT2D eigenvalue weighted by Gasteiger charge is -2.03. The number of aromatic hydroxyl groups is 1. The van der Waals surface area contributed by atoms with Crippen LogP contribution in [0.1, 0.15) is 5.56 Å². The Labute approximate surface area is 112 Å². The van der Waals surface area contributed by atoms with Crippen LogP contribution >= 0.6 is 27.7 Å². The van der Waals surface area contributed by atoms with E-state index >= 15 is 0 Å². The molecule has 0 unspecified atom stereocenters. The van der Waals surface area contributed by atoms with E-state index in [2.05, 4.69) is 22.0 Å². The summed E-state index contributed by atoms with van der Waals surface area (Å²) in [5, 5.41) is 18.2. The van der Waals surface area contributed by atoms with Crippen LogP contribution in [0.3, 0.4) is 0 Å². The minimum atomic E-state index is 0.253. The number of phenols is 1. The summed E-state index contributed by atoms with van der Waals surface area (Å²) < 4.78 is 0.783. The average Bonchev–Trinajstić information content (AvgIpc) is 2.29. The first kappa shape index (κ1) is 12.0. The SMILES string of the molecule is N#Cc1ccc(Sc2cccc(O)c2)cc1Br. The highest BCUT2D eigenvalue weighted by molar-refractivity contribution is 9.10. The van der Waals surface area contributed by atoms with E-state index in [9.17, 15) is 5.11 Å². The van der Waals surface area contributed by atoms with E-state index in [-0.39, 0.29) is 5.75 Å². The molecule has 0 heterocycles. The molecule has 0 aliphatic heterocycles. The Morgan fingerprint density at radius 3 is 2.53 bits per heavy atom. The highest BCUT2D eigenvalue weighted by Gasteiger charge is 2.03. The van der Waals surface area contributed by atoms with Gasteiger partial charge in [-0.15, -0.1) is 0 Å². The smallest absolute Gasteiger partial charge is 0.116 e. The lowest BCUT2D eigenvalue weighted by atomic mass is 10.2. The van der Waals surface area contributed by atoms with Gasteiger partial charge in [-0.25, -0.2) is 0 Å². The van der Waals surface area contributed by atoms with Gasteiger partial charge in [0.2, 0.25) is 0 Å². The summed E-state index contributed by atoms with van der Waals surface area (Å²) in [6, 6.07) is 14.7. The van der Waals surface area contributed by atoms with E-state index in [0.717, 1.165) is 14.3 Å². The van der Waals surface area contributed by atoms with Gasteiger partial charge in [0, 0.05) is 14.3 Å². The molecular formula is C13H8BrNOS. The largest absolute Gasteiger partial charge is 0.508 e. The fraction of sp³-hybridized carbons (Fsp3) is 0. The molecule has 0 aliphatic carbocycles. The van der Waals surface area contributed by atoms with Gasteiger partial charge in [-0.2, -0.15) is 5.26 Å². The van der Waals surface area contributed by atoms with Crippen LogP contribution in [0.4, 0.5) is 0 Å². The molecule has 0 amide bonds. The van der Waals surface area contributed by atoms with Crippen LogP contribution in [0.5, 0.6) is 5.75 Å². The van der Waals surface area contributed by atoms with Crippen molar-refractivity contribution < 1.29 is 5.11 Å². The molecule has 1 N–H and O–H groups in total. The van der Waals surface area contributed by atoms with Gasteiger partial charge in [0.1, 0.15) is 11.8 Å². The van der Waals surface area contributed by atoms with E-state index in [0.29, 0.717) is 5.56 Å². The predicted molar refractivity (Wildman–Crippen MR) is 71.1 cm³/mol. The third-order valence-electron chi connectivity index (χ3n) is 2.11. The third kappa shape index (κ3) is 3.02. The second-order valence-electron chi connectivity index (χ2n) is 3.35. The van der Waals surface area contributed by atoms with Gasteiger partial charge in [0.15, 0.2) is 0 Å². The first-order chi connectivity index (χ1) is 8.19. The van der Waals surface area contributed by atoms with E-state index in [4.69, 9.17) is 5.26 Å². The topological polar surface area (TPSA) is 44.0 Å². The number of hydrogen-bond donors (Lipinski definition) is 1. The fourth-order valence-corrected chi connectivity index (χ4v) is 2.86. The second kappa shape index (κ2) is 5.26. The molecule has 2 rings (SSSR count). The Morgan fingerprint density at radius 2 is 1.88 bits per heavy atom. The van der Waals surface area contributed by atoms with Crippen molar-refractivity contribution in [2.75, 3.05) is 0 Å². The Morgan fingerprint density at radius 1 is 1.12 bits per heavy atom. The van der Waals surface area contributed by atoms with Crippen LogP contribution < -0.4 is 0 Å². The molecule has 84 valence electrons. The zero-order valence-electron chi connectivity index (χ0n) is 8.72. The highest BCUT2D eigenvalue weighted by atomic mass is 79.9. The van der Waals surface area contributed by atoms with Gasteiger partial charge in [-0.05, 0) is 52.3 Å². The Bertz CT molecular complexity index is 592. The number of halogens is 1. The summed E-state index contributed by atoms with van der Waals surface area (Å²) in [5.41, 5.74) is 0.616. The summed E-state index contributed by atoms with van der Waals surface area (Å²) in [6.07, 6.45) is 0. The number of phenolic OH excluding ortho intramolecular Hbond substituents is 1. The van der Waals surface area contributed by atoms with Crippen LogP contribution in [0.25, 0.3) is 0 Å². The number of benzene rings is 2. The Hall–Kier alpha value is -1.44. The zero-order chi connectivity index (χ0) is 12.3. The predicted octanol–water partition coefficient (Wildman–Crippen LogP) is 4.18. The number of nitrogens with zero attached hydrogens (tertiary/aromatic N) is 1. The lowest BCUT2D eigenvalue weighted by molar-refractivity contribution is 0.474. The Kier molecular flexibility index (Phi) is 3.72. The first-order valence-electron chi connectivity index (χ1n) is 4.85. The number of hydrogen-bond acceptors (Lipinski definition) is 3. The van der Waals surface area contributed by atoms with Gasteiger partial charge < -0.3 is 5.11 Å². The van der Waals surface area contributed by atoms with E-state index in [1.165, 1.54) is 11.8 Å². The third-order valence-corrected chi connectivity index (χ3v) is 3.75. The van der Waals surface area contributed by atoms with Crippen LogP contribution in [0, 0.1) is 11.3 Å². The minimum Gasteiger partial charge on any atom is -0.508 e. The average molecular weight is 306 g/mol. The van der Waals surface area contributed by atoms with Gasteiger partial charge in [0.25, 0.3) is 0 Å². The molecule has 2 aromatic rings. The lowest BCUT2D eigenvalue weighted by Crippen LogP contribution is -1.79. The molecule has 2 aromatic carbocycles. The molecular weight excluding hydrogens is 298 g/mol. The van der Waals surface area contributed by atoms with Gasteiger partial charge in [-0.1, -0.05) is 17.8 Å². The van der Waals surface area contributed by atoms with Crippen LogP contribution in [0.15, 0.2) is 56.7 Å². The minimum absolute atomic E-state index is 0.253. The summed E-state index contributed by atoms with van der Waals surface area (Å²) in [4.78, 5) is 1.98. The molecule has 0 saturated heterocycles. The molecule has 0 atom stereocenters. The summed E-state index contributed by atoms with van der Waals surface area (Å²) >= 11 is 4.89. The summed E-state index contributed by atoms with van der Waals surface area (Å²) in [7, 11) is 0. The Balaban J connectivity index is 2.25. The van der Waals surface area contributed by atoms with E-state index in [1.54, 1.807) is 24.3 Å². The van der Waals surface area contributed by atoms with Crippen molar-refractivity contribution in [1.82, 2.24) is 0 Å². The van der Waals surface area contributed by atoms with Crippen molar-refractivity contribution in [3.8, 4) is 11.8 Å². The molecule has 0 aliphatic rings. The van der Waals surface area contributed by atoms with Crippen LogP contribution in [0.2, 0.25) is 0 Å². The van der Waals surface area contributed by atoms with E-state index in [1.807, 2.05) is 18.2 Å². The fourth-order valence-electron chi connectivity index (χ4n) is 1.33. The quantitative estimate of drug-likeness (QED) is 0.905. The number of rotatable bonds is 2. The molecule has 17 heavy (non-hydrogen) atoms. The molecule has 0 fully saturated rings. The summed E-state index contributed by atoms with van der Waals surface area (Å²) in [6.45, 7) is 0. The zero-order valence-corrected chi connectivity index (χ0v) is 11.1. The van der Waals surface area contributed by atoms with Crippen molar-refractivity contribution in [1.29, 1.82) is 5.26 Å². The molecule has 4 heteroatoms. The molecule has 0 saturated carbocycles. The molecule has 0 radical (unpaired) electrons. The highest BCUT2D eigenvalue weighted by Crippen LogP contribution is 2.32. The molecule has 0 aromatic heterocycles. The van der Waals surface area contributed by atoms with E-state index < -0.39 is 0 Å². The monoisotopic (exact) mass is 305 g/mol. The van der Waals surface area contributed by atoms with Crippen LogP contribution in [-0.2, 0) is 0 Å². The summed E-state index contributed by atoms with van der Waals surface area (Å²) in [5.74, 6) is 0.253. The van der Waals surface area contributed by atoms with Crippen molar-refractivity contribution in [3.63, 3.8) is 0 Å². The van der Waals surface area contributed by atoms with Crippen molar-refractivity contribution in [2.45, 2.75) is 9.79 Å². The van der Waals surface area contributed by atoms with Gasteiger partial charge >= 0.3 is 0 Å². The maximum Gasteiger partial charge on any atom is 0.116 e. The molecule has 2 nitrogen and oxygen atoms in total. The van der Waals surface area contributed by atoms with Crippen LogP contribution in [-0.4, -0.2) is 5.11 Å². The first-order valence-corrected chi connectivity index (χ1v) is 6.46. The maximum atomic E-state index is 9.36. The normalized spacial score (nSPS) is 9.88. The van der Waals surface area contributed by atoms with Crippen molar-refractivity contribution in [3.05, 3.63) is 52.5 Å². The number of nitriles is 1. The maximum absolute atomic E-state index is 9.36. The van der Waals surface area contributed by atoms with Crippen molar-refractivity contribution in [2.24, 2.45) is 0 Å². The van der Waals surface area contributed by atoms with Gasteiger partial charge in [-0.3, -0.25) is 0 Å². The molecule has 0 bridgehead atoms. The van der Waals surface area contributed by atoms with Crippen molar-refractivity contribution >= 4 is 27.7 Å². The molecule has 0 spiro atoms. The standard InChI is InChI=1S/C13H8BrNOS/c14-13-7-12(5-4-9(13)8-15)17-11-3-1-2-10(16)6-11/h1-7,16H. The second-order valence-corrected chi connectivity index (χ2v) is 5.35. The van der Waals surface area contributed by atoms with Gasteiger partial charge in [0.05, 0.1) is 5.56 Å².